The molecule has 1 aromatic rings. The van der Waals surface area contributed by atoms with Gasteiger partial charge in [-0.3, -0.25) is 0 Å². The van der Waals surface area contributed by atoms with Crippen molar-refractivity contribution in [2.45, 2.75) is 26.3 Å². The van der Waals surface area contributed by atoms with Crippen molar-refractivity contribution in [3.05, 3.63) is 35.4 Å². The molecule has 0 amide bonds. The lowest BCUT2D eigenvalue weighted by atomic mass is 9.99. The van der Waals surface area contributed by atoms with E-state index < -0.39 is 0 Å². The van der Waals surface area contributed by atoms with Crippen molar-refractivity contribution in [2.75, 3.05) is 13.7 Å². The minimum absolute atomic E-state index is 0.217. The first-order valence-electron chi connectivity index (χ1n) is 5.66. The third-order valence-electron chi connectivity index (χ3n) is 2.56. The predicted octanol–water partition coefficient (Wildman–Crippen LogP) is 2.07. The van der Waals surface area contributed by atoms with E-state index in [1.54, 1.807) is 7.05 Å². The second-order valence-electron chi connectivity index (χ2n) is 3.53. The Morgan fingerprint density at radius 1 is 1.38 bits per heavy atom. The molecule has 1 unspecified atom stereocenters. The van der Waals surface area contributed by atoms with Crippen LogP contribution in [0.15, 0.2) is 24.3 Å². The van der Waals surface area contributed by atoms with Crippen LogP contribution < -0.4 is 5.32 Å². The quantitative estimate of drug-likeness (QED) is 0.774. The number of aryl methyl sites for hydroxylation is 1. The lowest BCUT2D eigenvalue weighted by Crippen LogP contribution is -2.28. The number of hydrogen-bond acceptors (Lipinski definition) is 3. The van der Waals surface area contributed by atoms with Gasteiger partial charge in [0.1, 0.15) is 6.04 Å². The minimum Gasteiger partial charge on any atom is -0.465 e. The maximum absolute atomic E-state index is 11.8. The molecule has 0 spiro atoms. The smallest absolute Gasteiger partial charge is 0.327 e. The zero-order valence-electron chi connectivity index (χ0n) is 10.1. The van der Waals surface area contributed by atoms with Crippen molar-refractivity contribution >= 4 is 5.97 Å². The molecule has 0 aliphatic heterocycles. The highest BCUT2D eigenvalue weighted by Crippen LogP contribution is 2.19. The van der Waals surface area contributed by atoms with Gasteiger partial charge in [-0.05, 0) is 31.5 Å². The summed E-state index contributed by atoms with van der Waals surface area (Å²) in [7, 11) is 1.77. The second-order valence-corrected chi connectivity index (χ2v) is 3.53. The van der Waals surface area contributed by atoms with Crippen molar-refractivity contribution in [3.8, 4) is 0 Å². The topological polar surface area (TPSA) is 38.3 Å². The van der Waals surface area contributed by atoms with Crippen LogP contribution in [0, 0.1) is 0 Å². The maximum Gasteiger partial charge on any atom is 0.327 e. The van der Waals surface area contributed by atoms with E-state index in [9.17, 15) is 4.79 Å². The largest absolute Gasteiger partial charge is 0.465 e. The molecule has 16 heavy (non-hydrogen) atoms. The van der Waals surface area contributed by atoms with Crippen LogP contribution >= 0.6 is 0 Å². The monoisotopic (exact) mass is 221 g/mol. The Hall–Kier alpha value is -1.35. The highest BCUT2D eigenvalue weighted by atomic mass is 16.5. The first-order chi connectivity index (χ1) is 7.74. The highest BCUT2D eigenvalue weighted by molar-refractivity contribution is 5.78. The number of likely N-dealkylation sites (N-methyl/N-ethyl adjacent to an activating group) is 1. The number of carbonyl (C=O) groups excluding carboxylic acids is 1. The Labute approximate surface area is 96.8 Å². The standard InChI is InChI=1S/C13H19NO2/c1-4-10-8-6-7-9-11(10)12(14-3)13(15)16-5-2/h6-9,12,14H,4-5H2,1-3H3. The zero-order valence-corrected chi connectivity index (χ0v) is 10.1. The average Bonchev–Trinajstić information content (AvgIpc) is 2.31. The van der Waals surface area contributed by atoms with E-state index in [0.29, 0.717) is 6.61 Å². The van der Waals surface area contributed by atoms with Gasteiger partial charge in [0.25, 0.3) is 0 Å². The summed E-state index contributed by atoms with van der Waals surface area (Å²) < 4.78 is 5.05. The fraction of sp³-hybridized carbons (Fsp3) is 0.462. The number of benzene rings is 1. The van der Waals surface area contributed by atoms with E-state index in [-0.39, 0.29) is 12.0 Å². The summed E-state index contributed by atoms with van der Waals surface area (Å²) in [6, 6.07) is 7.57. The van der Waals surface area contributed by atoms with Crippen molar-refractivity contribution in [1.82, 2.24) is 5.32 Å². The normalized spacial score (nSPS) is 12.2. The molecule has 0 aliphatic rings. The van der Waals surface area contributed by atoms with Gasteiger partial charge in [0.15, 0.2) is 0 Å². The Morgan fingerprint density at radius 3 is 2.62 bits per heavy atom. The molecule has 0 aromatic heterocycles. The van der Waals surface area contributed by atoms with Crippen LogP contribution in [0.1, 0.15) is 31.0 Å². The number of ether oxygens (including phenoxy) is 1. The number of carbonyl (C=O) groups is 1. The Bertz CT molecular complexity index is 350. The molecule has 88 valence electrons. The zero-order chi connectivity index (χ0) is 12.0. The van der Waals surface area contributed by atoms with Crippen molar-refractivity contribution in [3.63, 3.8) is 0 Å². The summed E-state index contributed by atoms with van der Waals surface area (Å²) in [5.41, 5.74) is 2.18. The molecule has 0 fully saturated rings. The summed E-state index contributed by atoms with van der Waals surface area (Å²) in [5.74, 6) is -0.217. The lowest BCUT2D eigenvalue weighted by Gasteiger charge is -2.17. The first-order valence-corrected chi connectivity index (χ1v) is 5.66. The van der Waals surface area contributed by atoms with Crippen LogP contribution in [0.2, 0.25) is 0 Å². The fourth-order valence-electron chi connectivity index (χ4n) is 1.76. The molecular weight excluding hydrogens is 202 g/mol. The Kier molecular flexibility index (Phi) is 4.99. The SMILES string of the molecule is CCOC(=O)C(NC)c1ccccc1CC. The van der Waals surface area contributed by atoms with E-state index in [0.717, 1.165) is 12.0 Å². The second kappa shape index (κ2) is 6.28. The van der Waals surface area contributed by atoms with E-state index in [4.69, 9.17) is 4.74 Å². The number of hydrogen-bond donors (Lipinski definition) is 1. The first kappa shape index (κ1) is 12.7. The maximum atomic E-state index is 11.8. The van der Waals surface area contributed by atoms with Gasteiger partial charge in [-0.2, -0.15) is 0 Å². The molecule has 1 atom stereocenters. The molecule has 1 N–H and O–H groups in total. The molecule has 1 aromatic carbocycles. The minimum atomic E-state index is -0.365. The molecule has 1 rings (SSSR count). The van der Waals surface area contributed by atoms with Crippen LogP contribution in [0.5, 0.6) is 0 Å². The van der Waals surface area contributed by atoms with Gasteiger partial charge in [0.2, 0.25) is 0 Å². The molecule has 3 nitrogen and oxygen atoms in total. The third kappa shape index (κ3) is 2.83. The van der Waals surface area contributed by atoms with Gasteiger partial charge in [-0.1, -0.05) is 31.2 Å². The van der Waals surface area contributed by atoms with E-state index in [1.165, 1.54) is 5.56 Å². The van der Waals surface area contributed by atoms with Crippen LogP contribution in [-0.4, -0.2) is 19.6 Å². The molecule has 0 bridgehead atoms. The molecule has 0 radical (unpaired) electrons. The Balaban J connectivity index is 2.98. The third-order valence-corrected chi connectivity index (χ3v) is 2.56. The average molecular weight is 221 g/mol. The summed E-state index contributed by atoms with van der Waals surface area (Å²) in [4.78, 5) is 11.8. The van der Waals surface area contributed by atoms with Crippen LogP contribution in [0.3, 0.4) is 0 Å². The van der Waals surface area contributed by atoms with Gasteiger partial charge in [0, 0.05) is 0 Å². The van der Waals surface area contributed by atoms with E-state index in [1.807, 2.05) is 31.2 Å². The van der Waals surface area contributed by atoms with E-state index in [2.05, 4.69) is 12.2 Å². The molecule has 0 saturated carbocycles. The van der Waals surface area contributed by atoms with Crippen LogP contribution in [0.25, 0.3) is 0 Å². The lowest BCUT2D eigenvalue weighted by molar-refractivity contribution is -0.145. The van der Waals surface area contributed by atoms with Crippen molar-refractivity contribution in [2.24, 2.45) is 0 Å². The van der Waals surface area contributed by atoms with Crippen molar-refractivity contribution < 1.29 is 9.53 Å². The number of esters is 1. The predicted molar refractivity (Wildman–Crippen MR) is 64.3 cm³/mol. The number of nitrogens with one attached hydrogen (secondary N) is 1. The highest BCUT2D eigenvalue weighted by Gasteiger charge is 2.21. The molecule has 0 saturated heterocycles. The number of rotatable bonds is 5. The van der Waals surface area contributed by atoms with Crippen LogP contribution in [0.4, 0.5) is 0 Å². The summed E-state index contributed by atoms with van der Waals surface area (Å²) in [5, 5.41) is 3.00. The summed E-state index contributed by atoms with van der Waals surface area (Å²) in [6.07, 6.45) is 0.910. The van der Waals surface area contributed by atoms with Crippen molar-refractivity contribution in [1.29, 1.82) is 0 Å². The van der Waals surface area contributed by atoms with Gasteiger partial charge < -0.3 is 10.1 Å². The molecule has 0 aliphatic carbocycles. The Morgan fingerprint density at radius 2 is 2.06 bits per heavy atom. The molecular formula is C13H19NO2. The summed E-state index contributed by atoms with van der Waals surface area (Å²) >= 11 is 0. The van der Waals surface area contributed by atoms with Gasteiger partial charge in [0.05, 0.1) is 6.61 Å². The van der Waals surface area contributed by atoms with Gasteiger partial charge in [-0.25, -0.2) is 4.79 Å². The van der Waals surface area contributed by atoms with Gasteiger partial charge >= 0.3 is 5.97 Å². The van der Waals surface area contributed by atoms with E-state index >= 15 is 0 Å². The molecule has 0 heterocycles. The molecule has 3 heteroatoms. The van der Waals surface area contributed by atoms with Crippen LogP contribution in [-0.2, 0) is 16.0 Å². The van der Waals surface area contributed by atoms with Gasteiger partial charge in [-0.15, -0.1) is 0 Å². The fourth-order valence-corrected chi connectivity index (χ4v) is 1.76. The summed E-state index contributed by atoms with van der Waals surface area (Å²) in [6.45, 7) is 4.30.